The molecule has 2 aliphatic rings. The molecule has 0 unspecified atom stereocenters. The summed E-state index contributed by atoms with van der Waals surface area (Å²) < 4.78 is 32.3. The summed E-state index contributed by atoms with van der Waals surface area (Å²) >= 11 is 0. The van der Waals surface area contributed by atoms with Crippen LogP contribution in [0.1, 0.15) is 57.6 Å². The second-order valence-corrected chi connectivity index (χ2v) is 16.7. The maximum atomic E-state index is 9.72. The number of nitriles is 1. The largest absolute Gasteiger partial charge is 0.453 e. The zero-order valence-electron chi connectivity index (χ0n) is 24.8. The van der Waals surface area contributed by atoms with Crippen LogP contribution >= 0.6 is 0 Å². The highest BCUT2D eigenvalue weighted by Crippen LogP contribution is 2.47. The molecule has 2 aliphatic heterocycles. The molecule has 0 amide bonds. The standard InChI is InChI=1S/C32H39N3O5Si/c1-31(2,3)41(21-14-10-8-11-15-21,22-16-12-9-13-17-22)37-20-25-28-29(40-32(4,5)39-28)27(38-25)23-19-36-24(18-33)26(23)30(34)35(6)7/h8-17,19,25,27-29,34H,20H2,1-7H3/t25-,27+,28-,29+/m1/s1. The Kier molecular flexibility index (Phi) is 7.74. The first-order chi connectivity index (χ1) is 19.4. The van der Waals surface area contributed by atoms with Crippen LogP contribution in [0.25, 0.3) is 0 Å². The van der Waals surface area contributed by atoms with Crippen molar-refractivity contribution < 1.29 is 23.1 Å². The van der Waals surface area contributed by atoms with E-state index in [4.69, 9.17) is 28.5 Å². The molecule has 9 heteroatoms. The van der Waals surface area contributed by atoms with Crippen LogP contribution in [0.15, 0.2) is 71.3 Å². The Morgan fingerprint density at radius 2 is 1.56 bits per heavy atom. The topological polar surface area (TPSA) is 101 Å². The second-order valence-electron chi connectivity index (χ2n) is 12.4. The van der Waals surface area contributed by atoms with Crippen LogP contribution in [-0.4, -0.2) is 63.9 Å². The lowest BCUT2D eigenvalue weighted by atomic mass is 9.98. The van der Waals surface area contributed by atoms with Crippen LogP contribution < -0.4 is 10.4 Å². The number of hydrogen-bond donors (Lipinski definition) is 1. The zero-order valence-corrected chi connectivity index (χ0v) is 25.8. The minimum Gasteiger partial charge on any atom is -0.453 e. The molecule has 3 heterocycles. The van der Waals surface area contributed by atoms with Gasteiger partial charge in [0.05, 0.1) is 18.4 Å². The Balaban J connectivity index is 1.54. The van der Waals surface area contributed by atoms with Crippen LogP contribution in [0.3, 0.4) is 0 Å². The van der Waals surface area contributed by atoms with E-state index >= 15 is 0 Å². The van der Waals surface area contributed by atoms with Crippen molar-refractivity contribution in [1.82, 2.24) is 4.90 Å². The van der Waals surface area contributed by atoms with Crippen molar-refractivity contribution >= 4 is 24.5 Å². The first-order valence-electron chi connectivity index (χ1n) is 13.9. The highest BCUT2D eigenvalue weighted by atomic mass is 28.4. The molecule has 1 aromatic heterocycles. The Hall–Kier alpha value is -3.26. The fourth-order valence-corrected chi connectivity index (χ4v) is 10.7. The van der Waals surface area contributed by atoms with E-state index in [1.54, 1.807) is 19.0 Å². The molecule has 0 bridgehead atoms. The van der Waals surface area contributed by atoms with Gasteiger partial charge in [0.2, 0.25) is 5.76 Å². The van der Waals surface area contributed by atoms with Crippen molar-refractivity contribution in [2.45, 2.75) is 69.9 Å². The Morgan fingerprint density at radius 3 is 2.07 bits per heavy atom. The van der Waals surface area contributed by atoms with E-state index in [9.17, 15) is 5.26 Å². The number of nitrogens with zero attached hydrogens (tertiary/aromatic N) is 2. The molecule has 0 saturated carbocycles. The zero-order chi connectivity index (χ0) is 29.6. The molecule has 0 aliphatic carbocycles. The fourth-order valence-electron chi connectivity index (χ4n) is 6.17. The third-order valence-corrected chi connectivity index (χ3v) is 12.9. The lowest BCUT2D eigenvalue weighted by molar-refractivity contribution is -0.190. The summed E-state index contributed by atoms with van der Waals surface area (Å²) in [6, 6.07) is 23.1. The fraction of sp³-hybridized carbons (Fsp3) is 0.438. The van der Waals surface area contributed by atoms with Crippen molar-refractivity contribution in [2.75, 3.05) is 20.7 Å². The maximum absolute atomic E-state index is 9.72. The highest BCUT2D eigenvalue weighted by Gasteiger charge is 2.58. The van der Waals surface area contributed by atoms with Crippen LogP contribution in [0.4, 0.5) is 0 Å². The van der Waals surface area contributed by atoms with Crippen molar-refractivity contribution in [3.8, 4) is 6.07 Å². The van der Waals surface area contributed by atoms with Gasteiger partial charge in [-0.3, -0.25) is 5.41 Å². The molecule has 2 fully saturated rings. The van der Waals surface area contributed by atoms with E-state index < -0.39 is 38.5 Å². The van der Waals surface area contributed by atoms with E-state index in [1.165, 1.54) is 16.6 Å². The van der Waals surface area contributed by atoms with Gasteiger partial charge >= 0.3 is 0 Å². The summed E-state index contributed by atoms with van der Waals surface area (Å²) in [5.41, 5.74) is 1.01. The van der Waals surface area contributed by atoms with Gasteiger partial charge in [0.25, 0.3) is 8.32 Å². The monoisotopic (exact) mass is 573 g/mol. The smallest absolute Gasteiger partial charge is 0.261 e. The van der Waals surface area contributed by atoms with E-state index in [-0.39, 0.29) is 23.2 Å². The number of amidine groups is 1. The first-order valence-corrected chi connectivity index (χ1v) is 15.8. The quantitative estimate of drug-likeness (QED) is 0.251. The van der Waals surface area contributed by atoms with Crippen molar-refractivity contribution in [3.63, 3.8) is 0 Å². The molecule has 4 atom stereocenters. The molecule has 2 aromatic carbocycles. The molecule has 8 nitrogen and oxygen atoms in total. The normalized spacial score (nSPS) is 23.7. The van der Waals surface area contributed by atoms with E-state index in [2.05, 4.69) is 75.4 Å². The number of rotatable bonds is 7. The second kappa shape index (κ2) is 10.9. The van der Waals surface area contributed by atoms with E-state index in [0.29, 0.717) is 11.1 Å². The molecular formula is C32H39N3O5Si. The average Bonchev–Trinajstić information content (AvgIpc) is 3.59. The number of nitrogens with one attached hydrogen (secondary N) is 1. The predicted molar refractivity (Wildman–Crippen MR) is 159 cm³/mol. The molecule has 41 heavy (non-hydrogen) atoms. The highest BCUT2D eigenvalue weighted by molar-refractivity contribution is 6.99. The van der Waals surface area contributed by atoms with Crippen LogP contribution in [0.2, 0.25) is 5.04 Å². The summed E-state index contributed by atoms with van der Waals surface area (Å²) in [5.74, 6) is -0.594. The maximum Gasteiger partial charge on any atom is 0.261 e. The number of ether oxygens (including phenoxy) is 3. The molecule has 3 aromatic rings. The lowest BCUT2D eigenvalue weighted by Gasteiger charge is -2.43. The van der Waals surface area contributed by atoms with Crippen molar-refractivity contribution in [2.24, 2.45) is 0 Å². The SMILES string of the molecule is CN(C)C(=N)c1c([C@@H]2O[C@H](CO[Si](c3ccccc3)(c3ccccc3)C(C)(C)C)[C@H]3OC(C)(C)O[C@H]32)coc1C#N. The summed E-state index contributed by atoms with van der Waals surface area (Å²) in [6.07, 6.45) is -0.412. The third kappa shape index (κ3) is 5.15. The van der Waals surface area contributed by atoms with Gasteiger partial charge in [0.15, 0.2) is 5.79 Å². The minimum absolute atomic E-state index is 0.0732. The van der Waals surface area contributed by atoms with Crippen molar-refractivity contribution in [1.29, 1.82) is 10.7 Å². The summed E-state index contributed by atoms with van der Waals surface area (Å²) in [6.45, 7) is 10.8. The first kappa shape index (κ1) is 29.2. The lowest BCUT2D eigenvalue weighted by Crippen LogP contribution is -2.67. The average molecular weight is 574 g/mol. The van der Waals surface area contributed by atoms with Gasteiger partial charge in [-0.1, -0.05) is 81.4 Å². The number of furan rings is 1. The summed E-state index contributed by atoms with van der Waals surface area (Å²) in [4.78, 5) is 1.64. The Bertz CT molecular complexity index is 1390. The third-order valence-electron chi connectivity index (χ3n) is 7.94. The summed E-state index contributed by atoms with van der Waals surface area (Å²) in [5, 5.41) is 20.6. The van der Waals surface area contributed by atoms with Gasteiger partial charge in [0.1, 0.15) is 36.3 Å². The van der Waals surface area contributed by atoms with Crippen LogP contribution in [-0.2, 0) is 18.6 Å². The van der Waals surface area contributed by atoms with Gasteiger partial charge in [-0.05, 0) is 29.3 Å². The van der Waals surface area contributed by atoms with Crippen LogP contribution in [0, 0.1) is 16.7 Å². The predicted octanol–water partition coefficient (Wildman–Crippen LogP) is 4.57. The number of benzene rings is 2. The molecule has 1 N–H and O–H groups in total. The number of fused-ring (bicyclic) bond motifs is 1. The van der Waals surface area contributed by atoms with E-state index in [0.717, 1.165) is 0 Å². The van der Waals surface area contributed by atoms with E-state index in [1.807, 2.05) is 26.0 Å². The van der Waals surface area contributed by atoms with Gasteiger partial charge < -0.3 is 28.0 Å². The minimum atomic E-state index is -2.82. The van der Waals surface area contributed by atoms with Gasteiger partial charge in [-0.15, -0.1) is 0 Å². The van der Waals surface area contributed by atoms with Crippen LogP contribution in [0.5, 0.6) is 0 Å². The molecule has 0 spiro atoms. The van der Waals surface area contributed by atoms with Gasteiger partial charge in [-0.2, -0.15) is 5.26 Å². The summed E-state index contributed by atoms with van der Waals surface area (Å²) in [7, 11) is 0.701. The molecule has 2 saturated heterocycles. The Morgan fingerprint density at radius 1 is 1.00 bits per heavy atom. The van der Waals surface area contributed by atoms with Gasteiger partial charge in [0, 0.05) is 19.7 Å². The molecule has 216 valence electrons. The molecule has 0 radical (unpaired) electrons. The van der Waals surface area contributed by atoms with Gasteiger partial charge in [-0.25, -0.2) is 0 Å². The number of hydrogen-bond acceptors (Lipinski definition) is 7. The molecule has 5 rings (SSSR count). The van der Waals surface area contributed by atoms with Crippen molar-refractivity contribution in [3.05, 3.63) is 83.8 Å². The Labute approximate surface area is 243 Å². The molecular weight excluding hydrogens is 534 g/mol.